The van der Waals surface area contributed by atoms with E-state index in [1.807, 2.05) is 25.3 Å². The molecule has 0 aliphatic rings. The van der Waals surface area contributed by atoms with E-state index in [2.05, 4.69) is 10.3 Å². The van der Waals surface area contributed by atoms with Gasteiger partial charge in [0.2, 0.25) is 5.91 Å². The van der Waals surface area contributed by atoms with Crippen molar-refractivity contribution in [3.8, 4) is 11.3 Å². The average molecular weight is 332 g/mol. The molecule has 6 heteroatoms. The van der Waals surface area contributed by atoms with Crippen LogP contribution in [0.2, 0.25) is 0 Å². The molecule has 2 heterocycles. The lowest BCUT2D eigenvalue weighted by molar-refractivity contribution is -0.115. The van der Waals surface area contributed by atoms with E-state index >= 15 is 0 Å². The van der Waals surface area contributed by atoms with Gasteiger partial charge in [-0.1, -0.05) is 0 Å². The number of alkyl halides is 1. The minimum atomic E-state index is -0.674. The molecule has 1 amide bonds. The van der Waals surface area contributed by atoms with Gasteiger partial charge in [0.15, 0.2) is 0 Å². The van der Waals surface area contributed by atoms with Crippen molar-refractivity contribution >= 4 is 29.0 Å². The number of imidazole rings is 1. The molecule has 0 saturated heterocycles. The molecule has 2 aromatic heterocycles. The maximum Gasteiger partial charge on any atom is 0.243 e. The number of fused-ring (bicyclic) bond motifs is 1. The Labute approximate surface area is 137 Å². The van der Waals surface area contributed by atoms with E-state index < -0.39 is 5.38 Å². The molecule has 1 N–H and O–H groups in total. The number of carbonyl (C=O) groups is 1. The summed E-state index contributed by atoms with van der Waals surface area (Å²) in [5.74, 6) is -0.130. The second-order valence-corrected chi connectivity index (χ2v) is 6.01. The van der Waals surface area contributed by atoms with Gasteiger partial charge in [0.05, 0.1) is 0 Å². The highest BCUT2D eigenvalue weighted by Crippen LogP contribution is 2.29. The Morgan fingerprint density at radius 1 is 1.30 bits per heavy atom. The standard InChI is InChI=1S/C17H15ClFN3O/c1-10-7-8-22-14(9-10)20-15(12-3-5-13(19)6-4-12)16(22)21-17(23)11(2)18/h3-9,11H,1-2H3,(H,21,23)/t11-/m0/s1. The van der Waals surface area contributed by atoms with Crippen molar-refractivity contribution in [3.05, 3.63) is 54.0 Å². The van der Waals surface area contributed by atoms with Gasteiger partial charge < -0.3 is 5.32 Å². The Morgan fingerprint density at radius 2 is 2.00 bits per heavy atom. The lowest BCUT2D eigenvalue weighted by Crippen LogP contribution is -2.21. The predicted octanol–water partition coefficient (Wildman–Crippen LogP) is 4.01. The van der Waals surface area contributed by atoms with Gasteiger partial charge in [-0.2, -0.15) is 0 Å². The molecule has 1 aromatic carbocycles. The van der Waals surface area contributed by atoms with Gasteiger partial charge in [-0.05, 0) is 55.8 Å². The van der Waals surface area contributed by atoms with Gasteiger partial charge in [-0.25, -0.2) is 9.37 Å². The second-order valence-electron chi connectivity index (χ2n) is 5.35. The summed E-state index contributed by atoms with van der Waals surface area (Å²) in [6.45, 7) is 3.56. The number of aryl methyl sites for hydroxylation is 1. The van der Waals surface area contributed by atoms with Crippen LogP contribution in [0.4, 0.5) is 10.2 Å². The SMILES string of the molecule is Cc1ccn2c(NC(=O)[C@H](C)Cl)c(-c3ccc(F)cc3)nc2c1. The number of rotatable bonds is 3. The first-order valence-electron chi connectivity index (χ1n) is 7.15. The third kappa shape index (κ3) is 3.05. The zero-order chi connectivity index (χ0) is 16.6. The van der Waals surface area contributed by atoms with E-state index in [1.165, 1.54) is 12.1 Å². The first kappa shape index (κ1) is 15.5. The van der Waals surface area contributed by atoms with Crippen LogP contribution in [-0.2, 0) is 4.79 Å². The summed E-state index contributed by atoms with van der Waals surface area (Å²) in [5.41, 5.74) is 3.03. The molecule has 3 rings (SSSR count). The molecule has 4 nitrogen and oxygen atoms in total. The van der Waals surface area contributed by atoms with Crippen molar-refractivity contribution in [3.63, 3.8) is 0 Å². The van der Waals surface area contributed by atoms with E-state index in [9.17, 15) is 9.18 Å². The van der Waals surface area contributed by atoms with Crippen LogP contribution in [0, 0.1) is 12.7 Å². The maximum atomic E-state index is 13.2. The molecule has 0 fully saturated rings. The molecule has 0 unspecified atom stereocenters. The largest absolute Gasteiger partial charge is 0.309 e. The molecule has 23 heavy (non-hydrogen) atoms. The van der Waals surface area contributed by atoms with Crippen molar-refractivity contribution in [1.29, 1.82) is 0 Å². The van der Waals surface area contributed by atoms with Crippen LogP contribution in [0.1, 0.15) is 12.5 Å². The van der Waals surface area contributed by atoms with E-state index in [0.29, 0.717) is 22.7 Å². The van der Waals surface area contributed by atoms with Crippen LogP contribution in [0.3, 0.4) is 0 Å². The number of carbonyl (C=O) groups excluding carboxylic acids is 1. The lowest BCUT2D eigenvalue weighted by atomic mass is 10.1. The summed E-state index contributed by atoms with van der Waals surface area (Å²) in [7, 11) is 0. The summed E-state index contributed by atoms with van der Waals surface area (Å²) < 4.78 is 14.9. The molecule has 0 aliphatic carbocycles. The summed E-state index contributed by atoms with van der Waals surface area (Å²) in [5, 5.41) is 2.13. The minimum absolute atomic E-state index is 0.322. The lowest BCUT2D eigenvalue weighted by Gasteiger charge is -2.09. The van der Waals surface area contributed by atoms with Crippen molar-refractivity contribution in [2.24, 2.45) is 0 Å². The van der Waals surface area contributed by atoms with Crippen molar-refractivity contribution in [1.82, 2.24) is 9.38 Å². The number of pyridine rings is 1. The average Bonchev–Trinajstić information content (AvgIpc) is 2.85. The van der Waals surface area contributed by atoms with Crippen LogP contribution in [0.25, 0.3) is 16.9 Å². The number of aromatic nitrogens is 2. The van der Waals surface area contributed by atoms with Gasteiger partial charge in [-0.15, -0.1) is 11.6 Å². The molecular weight excluding hydrogens is 317 g/mol. The number of anilines is 1. The Hall–Kier alpha value is -2.40. The molecule has 118 valence electrons. The monoisotopic (exact) mass is 331 g/mol. The fourth-order valence-electron chi connectivity index (χ4n) is 2.29. The van der Waals surface area contributed by atoms with E-state index in [0.717, 1.165) is 5.56 Å². The third-order valence-electron chi connectivity index (χ3n) is 3.50. The highest BCUT2D eigenvalue weighted by atomic mass is 35.5. The number of halogens is 2. The Kier molecular flexibility index (Phi) is 4.05. The van der Waals surface area contributed by atoms with Crippen molar-refractivity contribution in [2.45, 2.75) is 19.2 Å². The minimum Gasteiger partial charge on any atom is -0.309 e. The predicted molar refractivity (Wildman–Crippen MR) is 89.3 cm³/mol. The number of nitrogens with zero attached hydrogens (tertiary/aromatic N) is 2. The number of hydrogen-bond donors (Lipinski definition) is 1. The van der Waals surface area contributed by atoms with Crippen molar-refractivity contribution in [2.75, 3.05) is 5.32 Å². The van der Waals surface area contributed by atoms with Gasteiger partial charge >= 0.3 is 0 Å². The number of amides is 1. The van der Waals surface area contributed by atoms with E-state index in [1.54, 1.807) is 23.5 Å². The molecule has 0 spiro atoms. The number of hydrogen-bond acceptors (Lipinski definition) is 2. The quantitative estimate of drug-likeness (QED) is 0.737. The zero-order valence-electron chi connectivity index (χ0n) is 12.7. The summed E-state index contributed by atoms with van der Waals surface area (Å²) >= 11 is 5.85. The van der Waals surface area contributed by atoms with Gasteiger partial charge in [0, 0.05) is 11.8 Å². The van der Waals surface area contributed by atoms with E-state index in [-0.39, 0.29) is 11.7 Å². The van der Waals surface area contributed by atoms with Crippen LogP contribution >= 0.6 is 11.6 Å². The summed E-state index contributed by atoms with van der Waals surface area (Å²) in [4.78, 5) is 16.6. The van der Waals surface area contributed by atoms with Gasteiger partial charge in [-0.3, -0.25) is 9.20 Å². The van der Waals surface area contributed by atoms with E-state index in [4.69, 9.17) is 11.6 Å². The molecule has 1 atom stereocenters. The fourth-order valence-corrected chi connectivity index (χ4v) is 2.35. The summed E-state index contributed by atoms with van der Waals surface area (Å²) in [6.07, 6.45) is 1.83. The van der Waals surface area contributed by atoms with Gasteiger partial charge in [0.1, 0.15) is 28.4 Å². The van der Waals surface area contributed by atoms with Gasteiger partial charge in [0.25, 0.3) is 0 Å². The molecular formula is C17H15ClFN3O. The fraction of sp³-hybridized carbons (Fsp3) is 0.176. The Balaban J connectivity index is 2.18. The smallest absolute Gasteiger partial charge is 0.243 e. The molecule has 0 radical (unpaired) electrons. The molecule has 0 saturated carbocycles. The van der Waals surface area contributed by atoms with Crippen LogP contribution in [0.5, 0.6) is 0 Å². The first-order valence-corrected chi connectivity index (χ1v) is 7.59. The number of nitrogens with one attached hydrogen (secondary N) is 1. The highest BCUT2D eigenvalue weighted by Gasteiger charge is 2.18. The van der Waals surface area contributed by atoms with Crippen LogP contribution in [0.15, 0.2) is 42.6 Å². The highest BCUT2D eigenvalue weighted by molar-refractivity contribution is 6.32. The Morgan fingerprint density at radius 3 is 2.65 bits per heavy atom. The van der Waals surface area contributed by atoms with Crippen LogP contribution in [-0.4, -0.2) is 20.7 Å². The topological polar surface area (TPSA) is 46.4 Å². The summed E-state index contributed by atoms with van der Waals surface area (Å²) in [6, 6.07) is 9.81. The first-order chi connectivity index (χ1) is 11.0. The molecule has 0 bridgehead atoms. The number of benzene rings is 1. The van der Waals surface area contributed by atoms with Crippen LogP contribution < -0.4 is 5.32 Å². The molecule has 0 aliphatic heterocycles. The zero-order valence-corrected chi connectivity index (χ0v) is 13.4. The molecule has 3 aromatic rings. The maximum absolute atomic E-state index is 13.2. The van der Waals surface area contributed by atoms with Crippen molar-refractivity contribution < 1.29 is 9.18 Å². The second kappa shape index (κ2) is 6.01. The third-order valence-corrected chi connectivity index (χ3v) is 3.70. The normalized spacial score (nSPS) is 12.3. The Bertz CT molecular complexity index is 871.